The fourth-order valence-electron chi connectivity index (χ4n) is 3.23. The van der Waals surface area contributed by atoms with E-state index in [0.717, 1.165) is 58.9 Å². The second-order valence-corrected chi connectivity index (χ2v) is 8.03. The number of aryl methyl sites for hydroxylation is 1. The summed E-state index contributed by atoms with van der Waals surface area (Å²) in [6, 6.07) is 6.48. The van der Waals surface area contributed by atoms with Gasteiger partial charge < -0.3 is 4.90 Å². The molecular formula is C21H28BrN5. The van der Waals surface area contributed by atoms with Crippen molar-refractivity contribution < 1.29 is 0 Å². The Balaban J connectivity index is 2.12. The zero-order chi connectivity index (χ0) is 19.6. The molecule has 3 aromatic rings. The van der Waals surface area contributed by atoms with Gasteiger partial charge in [0.05, 0.1) is 5.69 Å². The van der Waals surface area contributed by atoms with Gasteiger partial charge in [0.1, 0.15) is 12.2 Å². The van der Waals surface area contributed by atoms with E-state index >= 15 is 0 Å². The Kier molecular flexibility index (Phi) is 6.15. The van der Waals surface area contributed by atoms with Crippen LogP contribution in [0.3, 0.4) is 0 Å². The molecule has 0 amide bonds. The molecule has 144 valence electrons. The van der Waals surface area contributed by atoms with E-state index in [1.165, 1.54) is 5.56 Å². The van der Waals surface area contributed by atoms with Crippen LogP contribution in [0, 0.1) is 6.92 Å². The normalized spacial score (nSPS) is 11.5. The average Bonchev–Trinajstić information content (AvgIpc) is 3.05. The third-order valence-corrected chi connectivity index (χ3v) is 5.49. The van der Waals surface area contributed by atoms with Crippen LogP contribution in [0.4, 0.5) is 5.82 Å². The first kappa shape index (κ1) is 19.8. The van der Waals surface area contributed by atoms with Crippen LogP contribution in [0.5, 0.6) is 0 Å². The third-order valence-electron chi connectivity index (χ3n) is 4.85. The molecule has 27 heavy (non-hydrogen) atoms. The Morgan fingerprint density at radius 1 is 1.19 bits per heavy atom. The first-order valence-electron chi connectivity index (χ1n) is 9.72. The summed E-state index contributed by atoms with van der Waals surface area (Å²) in [5, 5.41) is 0. The van der Waals surface area contributed by atoms with Crippen LogP contribution < -0.4 is 4.90 Å². The van der Waals surface area contributed by atoms with Crippen molar-refractivity contribution in [2.24, 2.45) is 0 Å². The van der Waals surface area contributed by atoms with Gasteiger partial charge in [-0.15, -0.1) is 0 Å². The van der Waals surface area contributed by atoms with Crippen LogP contribution in [0.15, 0.2) is 29.0 Å². The zero-order valence-electron chi connectivity index (χ0n) is 16.8. The minimum atomic E-state index is 0.489. The first-order valence-corrected chi connectivity index (χ1v) is 10.5. The van der Waals surface area contributed by atoms with Crippen molar-refractivity contribution in [3.05, 3.63) is 40.4 Å². The van der Waals surface area contributed by atoms with Crippen LogP contribution in [0.25, 0.3) is 16.9 Å². The maximum Gasteiger partial charge on any atom is 0.170 e. The Bertz CT molecular complexity index is 932. The summed E-state index contributed by atoms with van der Waals surface area (Å²) >= 11 is 3.73. The van der Waals surface area contributed by atoms with Crippen LogP contribution in [-0.2, 0) is 0 Å². The van der Waals surface area contributed by atoms with E-state index in [2.05, 4.69) is 76.3 Å². The molecule has 0 saturated heterocycles. The summed E-state index contributed by atoms with van der Waals surface area (Å²) in [6.07, 6.45) is 4.15. The topological polar surface area (TPSA) is 46.8 Å². The van der Waals surface area contributed by atoms with Crippen LogP contribution in [0.2, 0.25) is 0 Å². The molecule has 0 N–H and O–H groups in total. The van der Waals surface area contributed by atoms with Crippen molar-refractivity contribution in [3.63, 3.8) is 0 Å². The molecule has 0 unspecified atom stereocenters. The van der Waals surface area contributed by atoms with Crippen molar-refractivity contribution in [2.45, 2.75) is 53.4 Å². The van der Waals surface area contributed by atoms with Gasteiger partial charge in [0, 0.05) is 17.6 Å². The Morgan fingerprint density at radius 3 is 2.59 bits per heavy atom. The summed E-state index contributed by atoms with van der Waals surface area (Å²) in [5.74, 6) is 2.19. The van der Waals surface area contributed by atoms with Gasteiger partial charge in [-0.1, -0.05) is 33.3 Å². The van der Waals surface area contributed by atoms with Crippen molar-refractivity contribution >= 4 is 32.9 Å². The number of nitrogens with zero attached hydrogens (tertiary/aromatic N) is 5. The van der Waals surface area contributed by atoms with Crippen LogP contribution in [-0.4, -0.2) is 32.6 Å². The number of imidazole rings is 1. The average molecular weight is 430 g/mol. The van der Waals surface area contributed by atoms with Gasteiger partial charge in [0.15, 0.2) is 17.0 Å². The van der Waals surface area contributed by atoms with E-state index in [9.17, 15) is 0 Å². The fourth-order valence-corrected chi connectivity index (χ4v) is 3.82. The smallest absolute Gasteiger partial charge is 0.170 e. The van der Waals surface area contributed by atoms with Gasteiger partial charge in [-0.2, -0.15) is 0 Å². The van der Waals surface area contributed by atoms with Gasteiger partial charge in [-0.3, -0.25) is 4.57 Å². The van der Waals surface area contributed by atoms with E-state index in [0.29, 0.717) is 5.92 Å². The number of rotatable bonds is 7. The standard InChI is InChI=1S/C21H28BrN5/c1-6-8-11-26(7-2)20-19-21(25-15(5)24-20)27(13-23-19)18-10-9-16(14(3)4)12-17(18)22/h9-10,12-14H,6-8,11H2,1-5H3. The number of benzene rings is 1. The molecule has 0 fully saturated rings. The van der Waals surface area contributed by atoms with Crippen molar-refractivity contribution in [1.29, 1.82) is 0 Å². The first-order chi connectivity index (χ1) is 13.0. The molecule has 3 rings (SSSR count). The molecule has 0 aliphatic carbocycles. The minimum absolute atomic E-state index is 0.489. The molecule has 0 aliphatic rings. The highest BCUT2D eigenvalue weighted by Gasteiger charge is 2.18. The predicted octanol–water partition coefficient (Wildman–Crippen LogP) is 5.64. The Hall–Kier alpha value is -1.95. The summed E-state index contributed by atoms with van der Waals surface area (Å²) in [5.41, 5.74) is 4.06. The lowest BCUT2D eigenvalue weighted by atomic mass is 10.0. The highest BCUT2D eigenvalue weighted by Crippen LogP contribution is 2.30. The number of hydrogen-bond donors (Lipinski definition) is 0. The maximum absolute atomic E-state index is 4.72. The SMILES string of the molecule is CCCCN(CC)c1nc(C)nc2c1ncn2-c1ccc(C(C)C)cc1Br. The number of aromatic nitrogens is 4. The zero-order valence-corrected chi connectivity index (χ0v) is 18.4. The van der Waals surface area contributed by atoms with Crippen molar-refractivity contribution in [2.75, 3.05) is 18.0 Å². The molecule has 0 aliphatic heterocycles. The predicted molar refractivity (Wildman–Crippen MR) is 116 cm³/mol. The molecule has 5 nitrogen and oxygen atoms in total. The van der Waals surface area contributed by atoms with E-state index in [4.69, 9.17) is 9.97 Å². The van der Waals surface area contributed by atoms with Gasteiger partial charge in [-0.25, -0.2) is 15.0 Å². The fraction of sp³-hybridized carbons (Fsp3) is 0.476. The van der Waals surface area contributed by atoms with Gasteiger partial charge >= 0.3 is 0 Å². The lowest BCUT2D eigenvalue weighted by Gasteiger charge is -2.22. The largest absolute Gasteiger partial charge is 0.355 e. The number of unbranched alkanes of at least 4 members (excludes halogenated alkanes) is 1. The van der Waals surface area contributed by atoms with Crippen LogP contribution in [0.1, 0.15) is 57.8 Å². The lowest BCUT2D eigenvalue weighted by Crippen LogP contribution is -2.25. The molecule has 2 heterocycles. The molecule has 2 aromatic heterocycles. The Morgan fingerprint density at radius 2 is 1.96 bits per heavy atom. The summed E-state index contributed by atoms with van der Waals surface area (Å²) in [6.45, 7) is 12.6. The maximum atomic E-state index is 4.72. The minimum Gasteiger partial charge on any atom is -0.355 e. The van der Waals surface area contributed by atoms with E-state index in [1.54, 1.807) is 0 Å². The van der Waals surface area contributed by atoms with Gasteiger partial charge in [0.25, 0.3) is 0 Å². The second kappa shape index (κ2) is 8.38. The monoisotopic (exact) mass is 429 g/mol. The molecule has 6 heteroatoms. The quantitative estimate of drug-likeness (QED) is 0.487. The highest BCUT2D eigenvalue weighted by atomic mass is 79.9. The number of anilines is 1. The van der Waals surface area contributed by atoms with E-state index < -0.39 is 0 Å². The molecular weight excluding hydrogens is 402 g/mol. The van der Waals surface area contributed by atoms with E-state index in [-0.39, 0.29) is 0 Å². The summed E-state index contributed by atoms with van der Waals surface area (Å²) < 4.78 is 3.10. The number of halogens is 1. The molecule has 0 radical (unpaired) electrons. The highest BCUT2D eigenvalue weighted by molar-refractivity contribution is 9.10. The molecule has 0 bridgehead atoms. The number of fused-ring (bicyclic) bond motifs is 1. The summed E-state index contributed by atoms with van der Waals surface area (Å²) in [7, 11) is 0. The second-order valence-electron chi connectivity index (χ2n) is 7.18. The Labute approximate surface area is 170 Å². The molecule has 0 saturated carbocycles. The summed E-state index contributed by atoms with van der Waals surface area (Å²) in [4.78, 5) is 16.4. The number of hydrogen-bond acceptors (Lipinski definition) is 4. The molecule has 1 aromatic carbocycles. The van der Waals surface area contributed by atoms with E-state index in [1.807, 2.05) is 13.3 Å². The van der Waals surface area contributed by atoms with Crippen LogP contribution >= 0.6 is 15.9 Å². The van der Waals surface area contributed by atoms with Crippen molar-refractivity contribution in [1.82, 2.24) is 19.5 Å². The van der Waals surface area contributed by atoms with Gasteiger partial charge in [-0.05, 0) is 59.8 Å². The lowest BCUT2D eigenvalue weighted by molar-refractivity contribution is 0.723. The molecule has 0 atom stereocenters. The third kappa shape index (κ3) is 4.00. The van der Waals surface area contributed by atoms with Crippen molar-refractivity contribution in [3.8, 4) is 5.69 Å². The molecule has 0 spiro atoms. The van der Waals surface area contributed by atoms with Gasteiger partial charge in [0.2, 0.25) is 0 Å².